The van der Waals surface area contributed by atoms with Crippen LogP contribution in [0.3, 0.4) is 0 Å². The maximum atomic E-state index is 10.6. The highest BCUT2D eigenvalue weighted by Crippen LogP contribution is 2.18. The predicted octanol–water partition coefficient (Wildman–Crippen LogP) is 1.53. The van der Waals surface area contributed by atoms with E-state index in [2.05, 4.69) is 0 Å². The zero-order valence-corrected chi connectivity index (χ0v) is 10.4. The lowest BCUT2D eigenvalue weighted by Gasteiger charge is -2.29. The van der Waals surface area contributed by atoms with Crippen molar-refractivity contribution in [1.29, 1.82) is 0 Å². The third-order valence-electron chi connectivity index (χ3n) is 2.57. The average Bonchev–Trinajstić information content (AvgIpc) is 2.17. The molecule has 0 radical (unpaired) electrons. The number of hydrogen-bond donors (Lipinski definition) is 1. The average molecular weight is 244 g/mol. The Morgan fingerprint density at radius 2 is 1.75 bits per heavy atom. The van der Waals surface area contributed by atoms with E-state index in [0.717, 1.165) is 5.69 Å². The summed E-state index contributed by atoms with van der Waals surface area (Å²) >= 11 is 0. The Bertz CT molecular complexity index is 426. The first-order chi connectivity index (χ1) is 7.31. The van der Waals surface area contributed by atoms with E-state index in [4.69, 9.17) is 4.55 Å². The first-order valence-electron chi connectivity index (χ1n) is 5.15. The Morgan fingerprint density at radius 3 is 2.25 bits per heavy atom. The number of quaternary nitrogens is 1. The van der Waals surface area contributed by atoms with Gasteiger partial charge in [-0.05, 0) is 12.1 Å². The molecular weight excluding hydrogens is 226 g/mol. The highest BCUT2D eigenvalue weighted by atomic mass is 32.2. The van der Waals surface area contributed by atoms with Crippen molar-refractivity contribution < 1.29 is 13.0 Å². The zero-order valence-electron chi connectivity index (χ0n) is 9.63. The highest BCUT2D eigenvalue weighted by molar-refractivity contribution is 7.85. The first kappa shape index (κ1) is 13.2. The molecule has 0 fully saturated rings. The molecule has 1 aromatic carbocycles. The fraction of sp³-hybridized carbons (Fsp3) is 0.455. The molecule has 0 aliphatic heterocycles. The van der Waals surface area contributed by atoms with Gasteiger partial charge in [0.2, 0.25) is 0 Å². The van der Waals surface area contributed by atoms with Crippen LogP contribution in [0, 0.1) is 0 Å². The molecule has 16 heavy (non-hydrogen) atoms. The van der Waals surface area contributed by atoms with Crippen LogP contribution in [-0.2, 0) is 10.1 Å². The molecule has 0 aromatic heterocycles. The van der Waals surface area contributed by atoms with Crippen molar-refractivity contribution >= 4 is 15.8 Å². The van der Waals surface area contributed by atoms with Crippen molar-refractivity contribution in [3.63, 3.8) is 0 Å². The number of para-hydroxylation sites is 1. The third-order valence-corrected chi connectivity index (χ3v) is 3.38. The molecule has 0 saturated carbocycles. The number of nitrogens with zero attached hydrogens (tertiary/aromatic N) is 1. The van der Waals surface area contributed by atoms with Gasteiger partial charge in [0, 0.05) is 6.42 Å². The van der Waals surface area contributed by atoms with E-state index in [-0.39, 0.29) is 5.75 Å². The van der Waals surface area contributed by atoms with Crippen LogP contribution in [0.2, 0.25) is 0 Å². The Kier molecular flexibility index (Phi) is 4.07. The minimum Gasteiger partial charge on any atom is -0.296 e. The van der Waals surface area contributed by atoms with Crippen molar-refractivity contribution in [2.24, 2.45) is 0 Å². The Balaban J connectivity index is 2.59. The van der Waals surface area contributed by atoms with Crippen LogP contribution in [0.1, 0.15) is 6.42 Å². The topological polar surface area (TPSA) is 54.4 Å². The van der Waals surface area contributed by atoms with Crippen molar-refractivity contribution in [3.8, 4) is 0 Å². The second-order valence-corrected chi connectivity index (χ2v) is 5.96. The Labute approximate surface area is 96.9 Å². The van der Waals surface area contributed by atoms with Crippen LogP contribution >= 0.6 is 0 Å². The molecule has 5 heteroatoms. The minimum absolute atomic E-state index is 0.179. The zero-order chi connectivity index (χ0) is 12.2. The number of hydrogen-bond acceptors (Lipinski definition) is 2. The monoisotopic (exact) mass is 244 g/mol. The van der Waals surface area contributed by atoms with Crippen LogP contribution in [0.15, 0.2) is 30.3 Å². The van der Waals surface area contributed by atoms with Crippen molar-refractivity contribution in [1.82, 2.24) is 4.48 Å². The largest absolute Gasteiger partial charge is 0.296 e. The maximum absolute atomic E-state index is 10.6. The van der Waals surface area contributed by atoms with Crippen molar-refractivity contribution in [3.05, 3.63) is 30.3 Å². The fourth-order valence-corrected chi connectivity index (χ4v) is 2.10. The minimum atomic E-state index is -3.84. The van der Waals surface area contributed by atoms with Gasteiger partial charge in [0.1, 0.15) is 5.69 Å². The van der Waals surface area contributed by atoms with Gasteiger partial charge in [-0.1, -0.05) is 18.2 Å². The van der Waals surface area contributed by atoms with Gasteiger partial charge in [-0.15, -0.1) is 0 Å². The van der Waals surface area contributed by atoms with E-state index in [1.807, 2.05) is 44.4 Å². The van der Waals surface area contributed by atoms with E-state index < -0.39 is 10.1 Å². The number of benzene rings is 1. The quantitative estimate of drug-likeness (QED) is 0.631. The third kappa shape index (κ3) is 4.30. The van der Waals surface area contributed by atoms with E-state index >= 15 is 0 Å². The molecule has 1 N–H and O–H groups in total. The van der Waals surface area contributed by atoms with Gasteiger partial charge >= 0.3 is 0 Å². The van der Waals surface area contributed by atoms with E-state index in [9.17, 15) is 8.42 Å². The van der Waals surface area contributed by atoms with Gasteiger partial charge in [0.05, 0.1) is 26.4 Å². The molecule has 0 bridgehead atoms. The molecule has 0 aliphatic carbocycles. The number of rotatable bonds is 5. The molecular formula is C11H18NO3S+. The van der Waals surface area contributed by atoms with Crippen LogP contribution in [0.5, 0.6) is 0 Å². The predicted molar refractivity (Wildman–Crippen MR) is 66.0 cm³/mol. The van der Waals surface area contributed by atoms with E-state index in [0.29, 0.717) is 17.4 Å². The smallest absolute Gasteiger partial charge is 0.265 e. The van der Waals surface area contributed by atoms with Crippen molar-refractivity contribution in [2.75, 3.05) is 26.4 Å². The van der Waals surface area contributed by atoms with E-state index in [1.54, 1.807) is 0 Å². The van der Waals surface area contributed by atoms with Gasteiger partial charge in [-0.3, -0.25) is 9.04 Å². The first-order valence-corrected chi connectivity index (χ1v) is 6.76. The van der Waals surface area contributed by atoms with Gasteiger partial charge in [-0.2, -0.15) is 8.42 Å². The summed E-state index contributed by atoms with van der Waals surface area (Å²) in [6.07, 6.45) is 0.445. The summed E-state index contributed by atoms with van der Waals surface area (Å²) in [7, 11) is 0.188. The molecule has 0 unspecified atom stereocenters. The van der Waals surface area contributed by atoms with Gasteiger partial charge in [0.25, 0.3) is 10.1 Å². The maximum Gasteiger partial charge on any atom is 0.265 e. The highest BCUT2D eigenvalue weighted by Gasteiger charge is 2.19. The lowest BCUT2D eigenvalue weighted by Crippen LogP contribution is -2.41. The van der Waals surface area contributed by atoms with Gasteiger partial charge < -0.3 is 0 Å². The second kappa shape index (κ2) is 4.95. The summed E-state index contributed by atoms with van der Waals surface area (Å²) in [4.78, 5) is 0. The molecule has 0 atom stereocenters. The van der Waals surface area contributed by atoms with Crippen molar-refractivity contribution in [2.45, 2.75) is 6.42 Å². The molecule has 90 valence electrons. The second-order valence-electron chi connectivity index (χ2n) is 4.38. The Hall–Kier alpha value is -0.910. The van der Waals surface area contributed by atoms with E-state index in [1.165, 1.54) is 0 Å². The van der Waals surface area contributed by atoms with Crippen LogP contribution in [-0.4, -0.2) is 39.4 Å². The van der Waals surface area contributed by atoms with Gasteiger partial charge in [0.15, 0.2) is 0 Å². The molecule has 0 spiro atoms. The molecule has 0 heterocycles. The van der Waals surface area contributed by atoms with Crippen LogP contribution in [0.4, 0.5) is 5.69 Å². The molecule has 1 aromatic rings. The lowest BCUT2D eigenvalue weighted by atomic mass is 10.2. The molecule has 4 nitrogen and oxygen atoms in total. The van der Waals surface area contributed by atoms with Crippen LogP contribution < -0.4 is 4.48 Å². The Morgan fingerprint density at radius 1 is 1.19 bits per heavy atom. The fourth-order valence-electron chi connectivity index (χ4n) is 1.60. The molecule has 0 amide bonds. The summed E-state index contributed by atoms with van der Waals surface area (Å²) in [5.74, 6) is -0.179. The molecule has 1 rings (SSSR count). The van der Waals surface area contributed by atoms with Gasteiger partial charge in [-0.25, -0.2) is 0 Å². The summed E-state index contributed by atoms with van der Waals surface area (Å²) in [5.41, 5.74) is 1.12. The SMILES string of the molecule is C[N+](C)(CCCS(=O)(=O)O)c1ccccc1. The summed E-state index contributed by atoms with van der Waals surface area (Å²) in [6, 6.07) is 9.87. The summed E-state index contributed by atoms with van der Waals surface area (Å²) < 4.78 is 30.5. The van der Waals surface area contributed by atoms with Crippen LogP contribution in [0.25, 0.3) is 0 Å². The lowest BCUT2D eigenvalue weighted by molar-refractivity contribution is 0.394. The molecule has 0 saturated heterocycles. The molecule has 0 aliphatic rings. The normalized spacial score (nSPS) is 12.7. The summed E-state index contributed by atoms with van der Waals surface area (Å²) in [6.45, 7) is 0.670. The summed E-state index contributed by atoms with van der Waals surface area (Å²) in [5, 5.41) is 0. The standard InChI is InChI=1S/C11H17NO3S/c1-12(2,9-6-10-16(13,14)15)11-7-4-3-5-8-11/h3-5,7-8H,6,9-10H2,1-2H3/p+1.